The molecular weight excluding hydrogens is 230 g/mol. The van der Waals surface area contributed by atoms with E-state index in [1.807, 2.05) is 36.5 Å². The second-order valence-corrected chi connectivity index (χ2v) is 4.77. The lowest BCUT2D eigenvalue weighted by Crippen LogP contribution is -1.92. The van der Waals surface area contributed by atoms with Crippen molar-refractivity contribution in [3.8, 4) is 11.3 Å². The number of rotatable bonds is 3. The summed E-state index contributed by atoms with van der Waals surface area (Å²) in [6.45, 7) is 4.31. The highest BCUT2D eigenvalue weighted by Crippen LogP contribution is 2.26. The number of nitrogens with zero attached hydrogens (tertiary/aromatic N) is 1. The van der Waals surface area contributed by atoms with E-state index in [4.69, 9.17) is 11.6 Å². The Hall–Kier alpha value is -1.34. The number of aromatic nitrogens is 1. The Kier molecular flexibility index (Phi) is 3.80. The van der Waals surface area contributed by atoms with Gasteiger partial charge in [-0.25, -0.2) is 0 Å². The van der Waals surface area contributed by atoms with Crippen LogP contribution in [-0.4, -0.2) is 4.98 Å². The van der Waals surface area contributed by atoms with Crippen molar-refractivity contribution in [1.29, 1.82) is 0 Å². The number of hydrogen-bond donors (Lipinski definition) is 0. The zero-order valence-electron chi connectivity index (χ0n) is 10.0. The highest BCUT2D eigenvalue weighted by atomic mass is 35.5. The molecule has 0 fully saturated rings. The molecule has 0 aliphatic heterocycles. The summed E-state index contributed by atoms with van der Waals surface area (Å²) in [7, 11) is 0. The van der Waals surface area contributed by atoms with Gasteiger partial charge in [0.15, 0.2) is 0 Å². The molecule has 1 aromatic heterocycles. The molecule has 1 heterocycles. The highest BCUT2D eigenvalue weighted by Gasteiger charge is 2.04. The van der Waals surface area contributed by atoms with Crippen molar-refractivity contribution in [2.75, 3.05) is 0 Å². The maximum absolute atomic E-state index is 6.14. The lowest BCUT2D eigenvalue weighted by Gasteiger charge is -2.06. The van der Waals surface area contributed by atoms with Gasteiger partial charge in [0.25, 0.3) is 0 Å². The van der Waals surface area contributed by atoms with Crippen molar-refractivity contribution in [3.63, 3.8) is 0 Å². The van der Waals surface area contributed by atoms with Gasteiger partial charge in [-0.05, 0) is 30.0 Å². The molecule has 2 rings (SSSR count). The van der Waals surface area contributed by atoms with Crippen molar-refractivity contribution < 1.29 is 0 Å². The second kappa shape index (κ2) is 5.33. The quantitative estimate of drug-likeness (QED) is 0.768. The summed E-state index contributed by atoms with van der Waals surface area (Å²) in [5.41, 5.74) is 3.04. The minimum atomic E-state index is 0.531. The molecule has 0 amide bonds. The maximum Gasteiger partial charge on any atom is 0.0717 e. The van der Waals surface area contributed by atoms with Crippen LogP contribution in [0.15, 0.2) is 42.6 Å². The zero-order valence-corrected chi connectivity index (χ0v) is 10.8. The van der Waals surface area contributed by atoms with Crippen molar-refractivity contribution in [3.05, 3.63) is 59.6 Å². The highest BCUT2D eigenvalue weighted by molar-refractivity contribution is 6.33. The summed E-state index contributed by atoms with van der Waals surface area (Å²) in [6.07, 6.45) is 4.07. The summed E-state index contributed by atoms with van der Waals surface area (Å²) in [6, 6.07) is 11.8. The Morgan fingerprint density at radius 1 is 1.12 bits per heavy atom. The molecule has 1 aromatic carbocycles. The van der Waals surface area contributed by atoms with Gasteiger partial charge in [-0.2, -0.15) is 0 Å². The van der Waals surface area contributed by atoms with Gasteiger partial charge < -0.3 is 0 Å². The summed E-state index contributed by atoms with van der Waals surface area (Å²) in [5.74, 6) is 0.531. The zero-order chi connectivity index (χ0) is 12.3. The van der Waals surface area contributed by atoms with Crippen molar-refractivity contribution in [2.24, 2.45) is 5.92 Å². The van der Waals surface area contributed by atoms with Gasteiger partial charge in [0.2, 0.25) is 0 Å². The molecule has 17 heavy (non-hydrogen) atoms. The molecule has 0 atom stereocenters. The molecule has 0 N–H and O–H groups in total. The average molecular weight is 245 g/mol. The minimum absolute atomic E-state index is 0.531. The van der Waals surface area contributed by atoms with Crippen LogP contribution in [-0.2, 0) is 0 Å². The molecule has 0 saturated carbocycles. The first-order valence-electron chi connectivity index (χ1n) is 5.72. The fraction of sp³-hybridized carbons (Fsp3) is 0.200. The Morgan fingerprint density at radius 3 is 2.47 bits per heavy atom. The normalized spacial score (nSPS) is 10.8. The second-order valence-electron chi connectivity index (χ2n) is 4.37. The minimum Gasteiger partial charge on any atom is -0.256 e. The van der Waals surface area contributed by atoms with Crippen LogP contribution in [0.25, 0.3) is 11.3 Å². The number of benzene rings is 1. The molecular formula is C15H15ClN. The molecule has 0 aliphatic rings. The third-order valence-corrected chi connectivity index (χ3v) is 2.79. The largest absolute Gasteiger partial charge is 0.256 e. The molecule has 2 aromatic rings. The first kappa shape index (κ1) is 12.1. The standard InChI is InChI=1S/C15H15ClN/c1-11(2)9-12-7-8-15(17-10-12)13-5-3-4-6-14(13)16/h3-11H,1-2H3. The van der Waals surface area contributed by atoms with Crippen LogP contribution < -0.4 is 0 Å². The third-order valence-electron chi connectivity index (χ3n) is 2.46. The molecule has 0 unspecified atom stereocenters. The number of hydrogen-bond acceptors (Lipinski definition) is 1. The van der Waals surface area contributed by atoms with E-state index < -0.39 is 0 Å². The smallest absolute Gasteiger partial charge is 0.0717 e. The maximum atomic E-state index is 6.14. The van der Waals surface area contributed by atoms with Crippen molar-refractivity contribution >= 4 is 11.6 Å². The van der Waals surface area contributed by atoms with E-state index in [2.05, 4.69) is 31.3 Å². The Balaban J connectivity index is 2.27. The number of pyridine rings is 1. The predicted octanol–water partition coefficient (Wildman–Crippen LogP) is 4.61. The molecule has 87 valence electrons. The Bertz CT molecular complexity index is 489. The summed E-state index contributed by atoms with van der Waals surface area (Å²) >= 11 is 6.14. The first-order valence-corrected chi connectivity index (χ1v) is 6.10. The van der Waals surface area contributed by atoms with Crippen LogP contribution in [0.2, 0.25) is 5.02 Å². The SMILES string of the molecule is CC(C)[CH]c1ccc(-c2ccccc2Cl)nc1. The van der Waals surface area contributed by atoms with Gasteiger partial charge in [0, 0.05) is 16.8 Å². The lowest BCUT2D eigenvalue weighted by molar-refractivity contribution is 0.775. The van der Waals surface area contributed by atoms with Gasteiger partial charge in [-0.3, -0.25) is 4.98 Å². The topological polar surface area (TPSA) is 12.9 Å². The molecule has 1 nitrogen and oxygen atoms in total. The molecule has 0 saturated heterocycles. The van der Waals surface area contributed by atoms with Crippen LogP contribution in [0.5, 0.6) is 0 Å². The molecule has 2 heteroatoms. The van der Waals surface area contributed by atoms with E-state index in [-0.39, 0.29) is 0 Å². The van der Waals surface area contributed by atoms with Crippen LogP contribution in [0.4, 0.5) is 0 Å². The van der Waals surface area contributed by atoms with E-state index in [1.54, 1.807) is 0 Å². The van der Waals surface area contributed by atoms with Crippen LogP contribution in [0, 0.1) is 12.3 Å². The molecule has 0 bridgehead atoms. The molecule has 1 radical (unpaired) electrons. The first-order chi connectivity index (χ1) is 8.16. The predicted molar refractivity (Wildman–Crippen MR) is 72.9 cm³/mol. The fourth-order valence-corrected chi connectivity index (χ4v) is 1.95. The van der Waals surface area contributed by atoms with Gasteiger partial charge in [0.1, 0.15) is 0 Å². The molecule has 0 aliphatic carbocycles. The fourth-order valence-electron chi connectivity index (χ4n) is 1.72. The van der Waals surface area contributed by atoms with Crippen LogP contribution >= 0.6 is 11.6 Å². The van der Waals surface area contributed by atoms with Gasteiger partial charge >= 0.3 is 0 Å². The van der Waals surface area contributed by atoms with Gasteiger partial charge in [0.05, 0.1) is 5.69 Å². The van der Waals surface area contributed by atoms with Gasteiger partial charge in [-0.15, -0.1) is 0 Å². The van der Waals surface area contributed by atoms with Crippen LogP contribution in [0.3, 0.4) is 0 Å². The van der Waals surface area contributed by atoms with Crippen molar-refractivity contribution in [2.45, 2.75) is 13.8 Å². The number of halogens is 1. The third kappa shape index (κ3) is 3.07. The Labute approximate surface area is 107 Å². The summed E-state index contributed by atoms with van der Waals surface area (Å²) < 4.78 is 0. The van der Waals surface area contributed by atoms with Crippen LogP contribution in [0.1, 0.15) is 19.4 Å². The summed E-state index contributed by atoms with van der Waals surface area (Å²) in [4.78, 5) is 4.45. The molecule has 0 spiro atoms. The van der Waals surface area contributed by atoms with Gasteiger partial charge in [-0.1, -0.05) is 49.7 Å². The lowest BCUT2D eigenvalue weighted by atomic mass is 10.0. The van der Waals surface area contributed by atoms with E-state index in [0.29, 0.717) is 5.92 Å². The summed E-state index contributed by atoms with van der Waals surface area (Å²) in [5, 5.41) is 0.737. The van der Waals surface area contributed by atoms with E-state index in [9.17, 15) is 0 Å². The van der Waals surface area contributed by atoms with E-state index >= 15 is 0 Å². The van der Waals surface area contributed by atoms with Crippen molar-refractivity contribution in [1.82, 2.24) is 4.98 Å². The van der Waals surface area contributed by atoms with E-state index in [0.717, 1.165) is 21.8 Å². The van der Waals surface area contributed by atoms with E-state index in [1.165, 1.54) is 0 Å². The average Bonchev–Trinajstić information content (AvgIpc) is 2.30. The Morgan fingerprint density at radius 2 is 1.88 bits per heavy atom. The monoisotopic (exact) mass is 244 g/mol.